The third-order valence-electron chi connectivity index (χ3n) is 7.97. The van der Waals surface area contributed by atoms with Crippen LogP contribution in [-0.4, -0.2) is 38.2 Å². The number of hydrogen-bond acceptors (Lipinski definition) is 4. The minimum atomic E-state index is -3.59. The fourth-order valence-electron chi connectivity index (χ4n) is 6.55. The zero-order valence-electron chi connectivity index (χ0n) is 18.5. The van der Waals surface area contributed by atoms with Crippen molar-refractivity contribution in [2.24, 2.45) is 23.7 Å². The van der Waals surface area contributed by atoms with Gasteiger partial charge in [-0.1, -0.05) is 36.8 Å². The van der Waals surface area contributed by atoms with E-state index in [1.807, 2.05) is 18.2 Å². The monoisotopic (exact) mass is 453 g/mol. The van der Waals surface area contributed by atoms with Gasteiger partial charge in [-0.15, -0.1) is 0 Å². The van der Waals surface area contributed by atoms with Crippen LogP contribution in [0.15, 0.2) is 59.5 Å². The van der Waals surface area contributed by atoms with Gasteiger partial charge in [-0.3, -0.25) is 4.79 Å². The molecule has 3 aliphatic rings. The van der Waals surface area contributed by atoms with Crippen LogP contribution >= 0.6 is 0 Å². The van der Waals surface area contributed by atoms with Gasteiger partial charge in [-0.05, 0) is 73.3 Å². The highest BCUT2D eigenvalue weighted by atomic mass is 32.2. The van der Waals surface area contributed by atoms with Crippen LogP contribution in [0.5, 0.6) is 5.75 Å². The van der Waals surface area contributed by atoms with Crippen molar-refractivity contribution in [3.63, 3.8) is 0 Å². The Hall–Kier alpha value is -2.18. The van der Waals surface area contributed by atoms with Gasteiger partial charge in [0.05, 0.1) is 12.0 Å². The van der Waals surface area contributed by atoms with E-state index in [2.05, 4.69) is 12.1 Å². The second-order valence-corrected chi connectivity index (χ2v) is 11.4. The Morgan fingerprint density at radius 1 is 1.00 bits per heavy atom. The maximum absolute atomic E-state index is 13.6. The molecule has 0 N–H and O–H groups in total. The van der Waals surface area contributed by atoms with Crippen LogP contribution in [0, 0.1) is 23.7 Å². The third-order valence-corrected chi connectivity index (χ3v) is 9.91. The van der Waals surface area contributed by atoms with Crippen LogP contribution < -0.4 is 4.74 Å². The van der Waals surface area contributed by atoms with Crippen LogP contribution in [0.2, 0.25) is 0 Å². The van der Waals surface area contributed by atoms with Crippen molar-refractivity contribution >= 4 is 15.8 Å². The van der Waals surface area contributed by atoms with Crippen LogP contribution in [0.25, 0.3) is 0 Å². The molecule has 0 spiro atoms. The SMILES string of the molecule is COc1ccc(S(=O)(=O)N2CC[C@@H]3CC(=O)[C@@H](Cc4ccccc4)[C@@H]4CCC[C@H]2[C@@H]34)cc1. The molecule has 2 aliphatic carbocycles. The molecule has 0 aromatic heterocycles. The standard InChI is InChI=1S/C26H31NO4S/c1-31-20-10-12-21(13-11-20)32(29,30)27-15-14-19-17-25(28)23(16-18-6-3-2-4-7-18)22-8-5-9-24(27)26(19)22/h2-4,6-7,10-13,19,22-24,26H,5,8-9,14-17H2,1H3/t19-,22+,23+,24+,26+/m1/s1. The van der Waals surface area contributed by atoms with E-state index >= 15 is 0 Å². The Morgan fingerprint density at radius 3 is 2.47 bits per heavy atom. The zero-order valence-corrected chi connectivity index (χ0v) is 19.3. The van der Waals surface area contributed by atoms with Crippen molar-refractivity contribution < 1.29 is 17.9 Å². The number of piperidine rings is 1. The Labute approximate surface area is 190 Å². The van der Waals surface area contributed by atoms with Gasteiger partial charge in [0.15, 0.2) is 0 Å². The zero-order chi connectivity index (χ0) is 22.3. The highest BCUT2D eigenvalue weighted by molar-refractivity contribution is 7.89. The van der Waals surface area contributed by atoms with Gasteiger partial charge < -0.3 is 4.74 Å². The molecule has 3 fully saturated rings. The molecule has 0 bridgehead atoms. The lowest BCUT2D eigenvalue weighted by Gasteiger charge is -2.54. The first kappa shape index (κ1) is 21.7. The summed E-state index contributed by atoms with van der Waals surface area (Å²) in [6.07, 6.45) is 5.04. The first-order chi connectivity index (χ1) is 15.5. The summed E-state index contributed by atoms with van der Waals surface area (Å²) in [7, 11) is -2.01. The van der Waals surface area contributed by atoms with E-state index in [0.717, 1.165) is 32.1 Å². The van der Waals surface area contributed by atoms with E-state index in [0.29, 0.717) is 35.3 Å². The molecule has 170 valence electrons. The Balaban J connectivity index is 1.44. The smallest absolute Gasteiger partial charge is 0.243 e. The summed E-state index contributed by atoms with van der Waals surface area (Å²) in [5.41, 5.74) is 1.20. The average molecular weight is 454 g/mol. The minimum Gasteiger partial charge on any atom is -0.497 e. The van der Waals surface area contributed by atoms with Crippen molar-refractivity contribution in [2.75, 3.05) is 13.7 Å². The molecule has 0 amide bonds. The van der Waals surface area contributed by atoms with Crippen molar-refractivity contribution in [1.82, 2.24) is 4.31 Å². The number of sulfonamides is 1. The van der Waals surface area contributed by atoms with E-state index < -0.39 is 10.0 Å². The number of Topliss-reactive ketones (excluding diaryl/α,β-unsaturated/α-hetero) is 1. The molecule has 2 aromatic rings. The van der Waals surface area contributed by atoms with Gasteiger partial charge in [0.1, 0.15) is 11.5 Å². The fourth-order valence-corrected chi connectivity index (χ4v) is 8.25. The number of rotatable bonds is 5. The lowest BCUT2D eigenvalue weighted by atomic mass is 9.56. The first-order valence-electron chi connectivity index (χ1n) is 11.7. The van der Waals surface area contributed by atoms with Gasteiger partial charge in [0.25, 0.3) is 0 Å². The minimum absolute atomic E-state index is 0.00471. The second kappa shape index (κ2) is 8.64. The molecule has 1 aliphatic heterocycles. The normalized spacial score (nSPS) is 30.5. The summed E-state index contributed by atoms with van der Waals surface area (Å²) in [4.78, 5) is 13.5. The van der Waals surface area contributed by atoms with E-state index in [9.17, 15) is 13.2 Å². The van der Waals surface area contributed by atoms with Gasteiger partial charge in [0.2, 0.25) is 10.0 Å². The van der Waals surface area contributed by atoms with Gasteiger partial charge in [0, 0.05) is 24.9 Å². The van der Waals surface area contributed by atoms with Crippen LogP contribution in [0.3, 0.4) is 0 Å². The number of nitrogens with zero attached hydrogens (tertiary/aromatic N) is 1. The van der Waals surface area contributed by atoms with Gasteiger partial charge in [-0.25, -0.2) is 8.42 Å². The predicted molar refractivity (Wildman–Crippen MR) is 123 cm³/mol. The third kappa shape index (κ3) is 3.77. The number of ether oxygens (including phenoxy) is 1. The van der Waals surface area contributed by atoms with Crippen molar-refractivity contribution in [3.05, 3.63) is 60.2 Å². The maximum Gasteiger partial charge on any atom is 0.243 e. The predicted octanol–water partition coefficient (Wildman–Crippen LogP) is 4.32. The number of ketones is 1. The molecule has 5 atom stereocenters. The number of carbonyl (C=O) groups excluding carboxylic acids is 1. The van der Waals surface area contributed by atoms with Crippen molar-refractivity contribution in [3.8, 4) is 5.75 Å². The highest BCUT2D eigenvalue weighted by Crippen LogP contribution is 2.52. The molecule has 32 heavy (non-hydrogen) atoms. The number of methoxy groups -OCH3 is 1. The highest BCUT2D eigenvalue weighted by Gasteiger charge is 2.53. The summed E-state index contributed by atoms with van der Waals surface area (Å²) in [5.74, 6) is 1.89. The Kier molecular flexibility index (Phi) is 5.84. The fraction of sp³-hybridized carbons (Fsp3) is 0.500. The van der Waals surface area contributed by atoms with E-state index in [1.54, 1.807) is 35.7 Å². The number of hydrogen-bond donors (Lipinski definition) is 0. The molecule has 0 radical (unpaired) electrons. The summed E-state index contributed by atoms with van der Waals surface area (Å²) in [5, 5.41) is 0. The van der Waals surface area contributed by atoms with Crippen molar-refractivity contribution in [1.29, 1.82) is 0 Å². The summed E-state index contributed by atoms with van der Waals surface area (Å²) < 4.78 is 34.2. The average Bonchev–Trinajstić information content (AvgIpc) is 2.82. The first-order valence-corrected chi connectivity index (χ1v) is 13.2. The number of benzene rings is 2. The van der Waals surface area contributed by atoms with Crippen LogP contribution in [0.4, 0.5) is 0 Å². The lowest BCUT2D eigenvalue weighted by molar-refractivity contribution is -0.136. The summed E-state index contributed by atoms with van der Waals surface area (Å²) in [6.45, 7) is 0.504. The van der Waals surface area contributed by atoms with E-state index in [-0.39, 0.29) is 23.8 Å². The molecule has 5 nitrogen and oxygen atoms in total. The topological polar surface area (TPSA) is 63.7 Å². The lowest BCUT2D eigenvalue weighted by Crippen LogP contribution is -2.59. The van der Waals surface area contributed by atoms with E-state index in [4.69, 9.17) is 4.74 Å². The van der Waals surface area contributed by atoms with E-state index in [1.165, 1.54) is 5.56 Å². The molecule has 2 aromatic carbocycles. The van der Waals surface area contributed by atoms with Crippen LogP contribution in [-0.2, 0) is 21.2 Å². The largest absolute Gasteiger partial charge is 0.497 e. The molecule has 0 unspecified atom stereocenters. The van der Waals surface area contributed by atoms with Gasteiger partial charge in [-0.2, -0.15) is 4.31 Å². The maximum atomic E-state index is 13.6. The summed E-state index contributed by atoms with van der Waals surface area (Å²) in [6, 6.07) is 16.9. The molecular formula is C26H31NO4S. The molecule has 1 saturated heterocycles. The quantitative estimate of drug-likeness (QED) is 0.676. The van der Waals surface area contributed by atoms with Gasteiger partial charge >= 0.3 is 0 Å². The van der Waals surface area contributed by atoms with Crippen molar-refractivity contribution in [2.45, 2.75) is 49.5 Å². The number of carbonyl (C=O) groups is 1. The molecule has 5 rings (SSSR count). The summed E-state index contributed by atoms with van der Waals surface area (Å²) >= 11 is 0. The Bertz CT molecular complexity index is 1070. The molecular weight excluding hydrogens is 422 g/mol. The second-order valence-electron chi connectivity index (χ2n) is 9.55. The molecule has 6 heteroatoms. The van der Waals surface area contributed by atoms with Crippen LogP contribution in [0.1, 0.15) is 37.7 Å². The Morgan fingerprint density at radius 2 is 1.75 bits per heavy atom. The molecule has 2 saturated carbocycles. The molecule has 1 heterocycles.